The van der Waals surface area contributed by atoms with Crippen LogP contribution in [0, 0.1) is 15.5 Å². The van der Waals surface area contributed by atoms with Crippen molar-refractivity contribution in [2.24, 2.45) is 5.41 Å². The number of hydrogen-bond donors (Lipinski definition) is 3. The minimum Gasteiger partial charge on any atom is -0.381 e. The first kappa shape index (κ1) is 45.6. The highest BCUT2D eigenvalue weighted by Crippen LogP contribution is 2.47. The van der Waals surface area contributed by atoms with E-state index in [1.54, 1.807) is 6.07 Å². The number of rotatable bonds is 12. The van der Waals surface area contributed by atoms with E-state index in [-0.39, 0.29) is 49.3 Å². The summed E-state index contributed by atoms with van der Waals surface area (Å²) in [6.07, 6.45) is 5.83. The fourth-order valence-corrected chi connectivity index (χ4v) is 11.1. The number of H-pyrrole nitrogens is 1. The number of carbonyl (C=O) groups is 1. The number of aromatic amines is 1. The first-order valence-corrected chi connectivity index (χ1v) is 24.4. The van der Waals surface area contributed by atoms with Gasteiger partial charge in [0, 0.05) is 106 Å². The molecule has 348 valence electrons. The van der Waals surface area contributed by atoms with Gasteiger partial charge in [0.2, 0.25) is 0 Å². The molecule has 2 fully saturated rings. The van der Waals surface area contributed by atoms with Gasteiger partial charge >= 0.3 is 0 Å². The number of sulfonamides is 1. The first-order chi connectivity index (χ1) is 31.4. The van der Waals surface area contributed by atoms with Gasteiger partial charge in [0.05, 0.1) is 32.5 Å². The fourth-order valence-electron chi connectivity index (χ4n) is 9.98. The van der Waals surface area contributed by atoms with Crippen LogP contribution in [0.3, 0.4) is 0 Å². The van der Waals surface area contributed by atoms with Gasteiger partial charge in [-0.3, -0.25) is 19.8 Å². The molecule has 0 unspecified atom stereocenters. The van der Waals surface area contributed by atoms with Crippen LogP contribution >= 0.6 is 11.6 Å². The standard InChI is InChI=1S/C49H56ClFN8O6S/c1-47(2)15-13-34(39(28-47)32-5-7-35(50)8-6-32)30-56-19-21-57(22-20-56)36-9-11-38(42(26-36)58-43-25-33-14-18-52-45(33)54-41(43)29-48(58,3)4)46(60)55-66(63,64)37-10-12-40(44(27-37)59(61)62)53-31-49(51)16-23-65-24-17-49/h5-12,14,18,25-27,53H,13,15-17,19-24,28-31H2,1-4H3,(H,52,54)(H,55,60). The van der Waals surface area contributed by atoms with Crippen molar-refractivity contribution in [1.29, 1.82) is 0 Å². The van der Waals surface area contributed by atoms with E-state index in [4.69, 9.17) is 21.3 Å². The molecule has 0 atom stereocenters. The quantitative estimate of drug-likeness (QED) is 0.0806. The molecule has 2 aromatic heterocycles. The molecule has 14 nitrogen and oxygen atoms in total. The molecule has 3 aliphatic heterocycles. The Kier molecular flexibility index (Phi) is 12.2. The Labute approximate surface area is 389 Å². The normalized spacial score (nSPS) is 19.5. The lowest BCUT2D eigenvalue weighted by molar-refractivity contribution is -0.384. The van der Waals surface area contributed by atoms with Gasteiger partial charge in [0.1, 0.15) is 17.0 Å². The van der Waals surface area contributed by atoms with Crippen LogP contribution in [0.15, 0.2) is 89.5 Å². The molecule has 2 saturated heterocycles. The van der Waals surface area contributed by atoms with Gasteiger partial charge in [0.15, 0.2) is 0 Å². The topological polar surface area (TPSA) is 166 Å². The van der Waals surface area contributed by atoms with E-state index in [0.717, 1.165) is 91.2 Å². The molecule has 5 aromatic rings. The molecule has 0 bridgehead atoms. The van der Waals surface area contributed by atoms with Crippen molar-refractivity contribution in [3.8, 4) is 0 Å². The number of nitrogens with one attached hydrogen (secondary N) is 3. The van der Waals surface area contributed by atoms with Gasteiger partial charge in [-0.1, -0.05) is 43.2 Å². The van der Waals surface area contributed by atoms with Crippen LogP contribution in [0.2, 0.25) is 5.02 Å². The van der Waals surface area contributed by atoms with Gasteiger partial charge in [-0.2, -0.15) is 0 Å². The zero-order valence-electron chi connectivity index (χ0n) is 37.8. The highest BCUT2D eigenvalue weighted by molar-refractivity contribution is 7.90. The van der Waals surface area contributed by atoms with Crippen molar-refractivity contribution in [3.05, 3.63) is 117 Å². The summed E-state index contributed by atoms with van der Waals surface area (Å²) in [7, 11) is -4.64. The minimum absolute atomic E-state index is 0.0367. The van der Waals surface area contributed by atoms with Crippen LogP contribution in [0.25, 0.3) is 16.6 Å². The lowest BCUT2D eigenvalue weighted by atomic mass is 9.72. The molecule has 4 aliphatic rings. The molecular formula is C49H56ClFN8O6S. The molecule has 0 saturated carbocycles. The number of allylic oxidation sites excluding steroid dienone is 1. The molecule has 3 N–H and O–H groups in total. The summed E-state index contributed by atoms with van der Waals surface area (Å²) in [6, 6.07) is 20.9. The SMILES string of the molecule is CC1(C)CCC(CN2CCN(c3ccc(C(=O)NS(=O)(=O)c4ccc(NCC5(F)CCOCC5)c([N+](=O)[O-])c4)c(N4c5cc6cc[nH]c6nc5CC4(C)C)c3)CC2)=C(c2ccc(Cl)cc2)C1. The van der Waals surface area contributed by atoms with Gasteiger partial charge in [-0.05, 0) is 104 Å². The Morgan fingerprint density at radius 3 is 2.41 bits per heavy atom. The molecule has 0 radical (unpaired) electrons. The second-order valence-corrected chi connectivity index (χ2v) is 21.7. The summed E-state index contributed by atoms with van der Waals surface area (Å²) in [4.78, 5) is 40.4. The highest BCUT2D eigenvalue weighted by atomic mass is 35.5. The predicted octanol–water partition coefficient (Wildman–Crippen LogP) is 9.43. The lowest BCUT2D eigenvalue weighted by Gasteiger charge is -2.40. The third-order valence-corrected chi connectivity index (χ3v) is 15.3. The summed E-state index contributed by atoms with van der Waals surface area (Å²) in [5, 5.41) is 16.6. The van der Waals surface area contributed by atoms with Crippen molar-refractivity contribution in [3.63, 3.8) is 0 Å². The molecule has 5 heterocycles. The number of nitro groups is 1. The summed E-state index contributed by atoms with van der Waals surface area (Å²) < 4.78 is 50.7. The fraction of sp³-hybridized carbons (Fsp3) is 0.429. The Morgan fingerprint density at radius 2 is 1.68 bits per heavy atom. The number of amides is 1. The van der Waals surface area contributed by atoms with E-state index >= 15 is 4.39 Å². The van der Waals surface area contributed by atoms with Gasteiger partial charge in [-0.15, -0.1) is 0 Å². The maximum absolute atomic E-state index is 15.3. The molecule has 17 heteroatoms. The summed E-state index contributed by atoms with van der Waals surface area (Å²) in [5.74, 6) is -0.898. The third kappa shape index (κ3) is 9.37. The van der Waals surface area contributed by atoms with Crippen LogP contribution < -0.4 is 19.8 Å². The maximum Gasteiger partial charge on any atom is 0.293 e. The summed E-state index contributed by atoms with van der Waals surface area (Å²) in [5.41, 5.74) is 5.42. The second kappa shape index (κ2) is 17.6. The number of hydrogen-bond acceptors (Lipinski definition) is 11. The summed E-state index contributed by atoms with van der Waals surface area (Å²) >= 11 is 6.27. The monoisotopic (exact) mass is 938 g/mol. The van der Waals surface area contributed by atoms with Gasteiger partial charge in [-0.25, -0.2) is 22.5 Å². The number of aromatic nitrogens is 2. The molecule has 3 aromatic carbocycles. The van der Waals surface area contributed by atoms with Crippen LogP contribution in [-0.2, 0) is 21.2 Å². The van der Waals surface area contributed by atoms with Crippen LogP contribution in [0.4, 0.5) is 32.8 Å². The number of carbonyl (C=O) groups excluding carboxylic acids is 1. The smallest absolute Gasteiger partial charge is 0.293 e. The maximum atomic E-state index is 15.3. The highest BCUT2D eigenvalue weighted by Gasteiger charge is 2.41. The number of pyridine rings is 1. The third-order valence-electron chi connectivity index (χ3n) is 13.7. The van der Waals surface area contributed by atoms with E-state index < -0.39 is 42.6 Å². The molecular weight excluding hydrogens is 883 g/mol. The number of piperazine rings is 1. The molecule has 0 spiro atoms. The minimum atomic E-state index is -4.64. The van der Waals surface area contributed by atoms with Gasteiger partial charge in [0.25, 0.3) is 21.6 Å². The van der Waals surface area contributed by atoms with Crippen LogP contribution in [-0.4, -0.2) is 97.8 Å². The lowest BCUT2D eigenvalue weighted by Crippen LogP contribution is -2.47. The van der Waals surface area contributed by atoms with Crippen molar-refractivity contribution in [1.82, 2.24) is 19.6 Å². The van der Waals surface area contributed by atoms with Crippen molar-refractivity contribution in [2.45, 2.75) is 82.3 Å². The van der Waals surface area contributed by atoms with Gasteiger partial charge < -0.3 is 24.8 Å². The number of nitro benzene ring substituents is 1. The second-order valence-electron chi connectivity index (χ2n) is 19.6. The molecule has 66 heavy (non-hydrogen) atoms. The van der Waals surface area contributed by atoms with Crippen LogP contribution in [0.5, 0.6) is 0 Å². The van der Waals surface area contributed by atoms with E-state index in [9.17, 15) is 23.3 Å². The Morgan fingerprint density at radius 1 is 0.939 bits per heavy atom. The largest absolute Gasteiger partial charge is 0.381 e. The Balaban J connectivity index is 0.994. The van der Waals surface area contributed by atoms with E-state index in [2.05, 4.69) is 69.6 Å². The van der Waals surface area contributed by atoms with Crippen molar-refractivity contribution < 1.29 is 27.3 Å². The van der Waals surface area contributed by atoms with Crippen molar-refractivity contribution >= 4 is 72.6 Å². The summed E-state index contributed by atoms with van der Waals surface area (Å²) in [6.45, 7) is 13.1. The number of nitrogens with zero attached hydrogens (tertiary/aromatic N) is 5. The number of benzene rings is 3. The zero-order chi connectivity index (χ0) is 46.6. The number of fused-ring (bicyclic) bond motifs is 2. The van der Waals surface area contributed by atoms with E-state index in [1.165, 1.54) is 28.8 Å². The Hall–Kier alpha value is -5.55. The average Bonchev–Trinajstić information content (AvgIpc) is 3.84. The predicted molar refractivity (Wildman–Crippen MR) is 257 cm³/mol. The number of alkyl halides is 1. The van der Waals surface area contributed by atoms with Crippen LogP contribution in [0.1, 0.15) is 81.4 Å². The molecule has 1 aliphatic carbocycles. The molecule has 1 amide bonds. The first-order valence-electron chi connectivity index (χ1n) is 22.6. The molecule has 9 rings (SSSR count). The number of anilines is 4. The zero-order valence-corrected chi connectivity index (χ0v) is 39.3. The Bertz CT molecular complexity index is 2830. The van der Waals surface area contributed by atoms with E-state index in [1.807, 2.05) is 42.6 Å². The number of ether oxygens (including phenoxy) is 1. The number of halogens is 2. The average molecular weight is 940 g/mol. The van der Waals surface area contributed by atoms with E-state index in [0.29, 0.717) is 12.1 Å². The van der Waals surface area contributed by atoms with Crippen molar-refractivity contribution in [2.75, 3.05) is 67.6 Å².